The van der Waals surface area contributed by atoms with Crippen LogP contribution in [0.2, 0.25) is 0 Å². The Morgan fingerprint density at radius 1 is 1.07 bits per heavy atom. The molecule has 0 saturated heterocycles. The first-order chi connectivity index (χ1) is 7.27. The van der Waals surface area contributed by atoms with E-state index in [2.05, 4.69) is 18.2 Å². The molecule has 0 radical (unpaired) electrons. The van der Waals surface area contributed by atoms with Gasteiger partial charge in [0.25, 0.3) is 0 Å². The highest BCUT2D eigenvalue weighted by Crippen LogP contribution is 2.22. The summed E-state index contributed by atoms with van der Waals surface area (Å²) in [5.41, 5.74) is 1.15. The Bertz CT molecular complexity index is 488. The molecule has 0 heterocycles. The molecule has 0 aromatic heterocycles. The second-order valence-electron chi connectivity index (χ2n) is 3.53. The van der Waals surface area contributed by atoms with Gasteiger partial charge in [0.15, 0.2) is 8.03 Å². The highest BCUT2D eigenvalue weighted by molar-refractivity contribution is 7.37. The zero-order valence-corrected chi connectivity index (χ0v) is 9.31. The van der Waals surface area contributed by atoms with Crippen LogP contribution in [-0.4, -0.2) is 11.1 Å². The average molecular weight is 220 g/mol. The minimum atomic E-state index is -2.35. The monoisotopic (exact) mass is 220 g/mol. The zero-order valence-electron chi connectivity index (χ0n) is 8.31. The second kappa shape index (κ2) is 4.61. The number of hydrogen-bond donors (Lipinski definition) is 1. The summed E-state index contributed by atoms with van der Waals surface area (Å²) in [6, 6.07) is 14.2. The Labute approximate surface area is 89.4 Å². The van der Waals surface area contributed by atoms with Gasteiger partial charge in [-0.3, -0.25) is 4.57 Å². The molecule has 0 saturated carbocycles. The van der Waals surface area contributed by atoms with Gasteiger partial charge in [-0.25, -0.2) is 0 Å². The van der Waals surface area contributed by atoms with E-state index in [4.69, 9.17) is 4.89 Å². The molecule has 1 N–H and O–H groups in total. The molecule has 1 atom stereocenters. The summed E-state index contributed by atoms with van der Waals surface area (Å²) in [6.07, 6.45) is 1.05. The van der Waals surface area contributed by atoms with E-state index in [1.807, 2.05) is 24.3 Å². The van der Waals surface area contributed by atoms with E-state index >= 15 is 0 Å². The minimum Gasteiger partial charge on any atom is -0.346 e. The summed E-state index contributed by atoms with van der Waals surface area (Å²) in [4.78, 5) is 8.83. The Hall–Kier alpha value is -1.11. The third-order valence-corrected chi connectivity index (χ3v) is 3.17. The van der Waals surface area contributed by atoms with Gasteiger partial charge >= 0.3 is 0 Å². The molecular formula is C12H13O2P. The molecule has 78 valence electrons. The van der Waals surface area contributed by atoms with Gasteiger partial charge in [-0.2, -0.15) is 0 Å². The molecule has 3 heteroatoms. The van der Waals surface area contributed by atoms with E-state index in [0.717, 1.165) is 5.56 Å². The average Bonchev–Trinajstić information content (AvgIpc) is 2.26. The second-order valence-corrected chi connectivity index (χ2v) is 4.82. The predicted molar refractivity (Wildman–Crippen MR) is 63.7 cm³/mol. The number of rotatable bonds is 3. The summed E-state index contributed by atoms with van der Waals surface area (Å²) >= 11 is 0. The molecule has 2 nitrogen and oxygen atoms in total. The fraction of sp³-hybridized carbons (Fsp3) is 0.167. The molecule has 0 fully saturated rings. The van der Waals surface area contributed by atoms with Crippen LogP contribution in [0.3, 0.4) is 0 Å². The number of aryl methyl sites for hydroxylation is 1. The lowest BCUT2D eigenvalue weighted by atomic mass is 10.0. The Kier molecular flexibility index (Phi) is 3.20. The number of hydrogen-bond acceptors (Lipinski definition) is 1. The fourth-order valence-corrected chi connectivity index (χ4v) is 2.24. The SMILES string of the molecule is O=[PH](O)CCc1cccc2ccccc12. The van der Waals surface area contributed by atoms with E-state index in [1.54, 1.807) is 0 Å². The van der Waals surface area contributed by atoms with Gasteiger partial charge < -0.3 is 4.89 Å². The van der Waals surface area contributed by atoms with E-state index in [9.17, 15) is 4.57 Å². The summed E-state index contributed by atoms with van der Waals surface area (Å²) in [6.45, 7) is 0. The third-order valence-electron chi connectivity index (χ3n) is 2.49. The van der Waals surface area contributed by atoms with Crippen molar-refractivity contribution in [2.24, 2.45) is 0 Å². The van der Waals surface area contributed by atoms with Crippen molar-refractivity contribution in [2.75, 3.05) is 6.16 Å². The lowest BCUT2D eigenvalue weighted by Crippen LogP contribution is -1.89. The van der Waals surface area contributed by atoms with Gasteiger partial charge in [0.2, 0.25) is 0 Å². The lowest BCUT2D eigenvalue weighted by molar-refractivity contribution is 0.503. The van der Waals surface area contributed by atoms with Crippen LogP contribution < -0.4 is 0 Å². The Balaban J connectivity index is 2.38. The number of benzene rings is 2. The van der Waals surface area contributed by atoms with Gasteiger partial charge in [0.05, 0.1) is 0 Å². The fourth-order valence-electron chi connectivity index (χ4n) is 1.75. The van der Waals surface area contributed by atoms with Crippen molar-refractivity contribution in [1.82, 2.24) is 0 Å². The maximum atomic E-state index is 10.7. The third kappa shape index (κ3) is 2.47. The van der Waals surface area contributed by atoms with Crippen molar-refractivity contribution in [1.29, 1.82) is 0 Å². The first-order valence-electron chi connectivity index (χ1n) is 4.96. The van der Waals surface area contributed by atoms with E-state index in [0.29, 0.717) is 12.6 Å². The first-order valence-corrected chi connectivity index (χ1v) is 6.52. The van der Waals surface area contributed by atoms with Gasteiger partial charge in [-0.05, 0) is 22.8 Å². The molecule has 2 rings (SSSR count). The smallest absolute Gasteiger partial charge is 0.189 e. The zero-order chi connectivity index (χ0) is 10.7. The van der Waals surface area contributed by atoms with Crippen LogP contribution in [0.1, 0.15) is 5.56 Å². The Morgan fingerprint density at radius 3 is 2.60 bits per heavy atom. The molecule has 15 heavy (non-hydrogen) atoms. The molecule has 1 unspecified atom stereocenters. The van der Waals surface area contributed by atoms with E-state index < -0.39 is 8.03 Å². The first kappa shape index (κ1) is 10.4. The summed E-state index contributed by atoms with van der Waals surface area (Å²) in [5, 5.41) is 2.37. The molecule has 0 aliphatic rings. The van der Waals surface area contributed by atoms with Crippen LogP contribution in [0, 0.1) is 0 Å². The van der Waals surface area contributed by atoms with Crippen LogP contribution in [0.25, 0.3) is 10.8 Å². The normalized spacial score (nSPS) is 12.9. The summed E-state index contributed by atoms with van der Waals surface area (Å²) < 4.78 is 10.7. The van der Waals surface area contributed by atoms with Crippen LogP contribution in [0.15, 0.2) is 42.5 Å². The minimum absolute atomic E-state index is 0.374. The van der Waals surface area contributed by atoms with Crippen LogP contribution in [-0.2, 0) is 11.0 Å². The van der Waals surface area contributed by atoms with Crippen LogP contribution in [0.5, 0.6) is 0 Å². The quantitative estimate of drug-likeness (QED) is 0.807. The largest absolute Gasteiger partial charge is 0.346 e. The van der Waals surface area contributed by atoms with Crippen molar-refractivity contribution in [3.8, 4) is 0 Å². The van der Waals surface area contributed by atoms with Crippen LogP contribution in [0.4, 0.5) is 0 Å². The molecule has 0 aliphatic carbocycles. The maximum absolute atomic E-state index is 10.7. The topological polar surface area (TPSA) is 37.3 Å². The number of fused-ring (bicyclic) bond motifs is 1. The van der Waals surface area contributed by atoms with E-state index in [-0.39, 0.29) is 0 Å². The lowest BCUT2D eigenvalue weighted by Gasteiger charge is -2.04. The van der Waals surface area contributed by atoms with Crippen molar-refractivity contribution in [3.05, 3.63) is 48.0 Å². The van der Waals surface area contributed by atoms with Crippen molar-refractivity contribution in [3.63, 3.8) is 0 Å². The maximum Gasteiger partial charge on any atom is 0.189 e. The highest BCUT2D eigenvalue weighted by atomic mass is 31.1. The molecule has 0 bridgehead atoms. The summed E-state index contributed by atoms with van der Waals surface area (Å²) in [5.74, 6) is 0. The predicted octanol–water partition coefficient (Wildman–Crippen LogP) is 2.85. The summed E-state index contributed by atoms with van der Waals surface area (Å²) in [7, 11) is -2.35. The van der Waals surface area contributed by atoms with Crippen molar-refractivity contribution in [2.45, 2.75) is 6.42 Å². The molecule has 2 aromatic rings. The molecular weight excluding hydrogens is 207 g/mol. The van der Waals surface area contributed by atoms with E-state index in [1.165, 1.54) is 10.8 Å². The van der Waals surface area contributed by atoms with Gasteiger partial charge in [-0.15, -0.1) is 0 Å². The van der Waals surface area contributed by atoms with Gasteiger partial charge in [0.1, 0.15) is 0 Å². The van der Waals surface area contributed by atoms with Crippen molar-refractivity contribution >= 4 is 18.8 Å². The molecule has 0 aliphatic heterocycles. The van der Waals surface area contributed by atoms with Gasteiger partial charge in [0, 0.05) is 6.16 Å². The molecule has 2 aromatic carbocycles. The van der Waals surface area contributed by atoms with Crippen molar-refractivity contribution < 1.29 is 9.46 Å². The standard InChI is InChI=1S/C12H13O2P/c13-15(14)9-8-11-6-3-5-10-4-1-2-7-12(10)11/h1-7,15H,8-9H2,(H,13,14). The molecule has 0 spiro atoms. The Morgan fingerprint density at radius 2 is 1.80 bits per heavy atom. The molecule has 0 amide bonds. The highest BCUT2D eigenvalue weighted by Gasteiger charge is 2.01. The van der Waals surface area contributed by atoms with Gasteiger partial charge in [-0.1, -0.05) is 42.5 Å². The van der Waals surface area contributed by atoms with Crippen LogP contribution >= 0.6 is 8.03 Å².